The average molecular weight is 354 g/mol. The number of pyridine rings is 1. The number of hydrogen-bond donors (Lipinski definition) is 2. The molecule has 0 bridgehead atoms. The number of aryl methyl sites for hydroxylation is 2. The van der Waals surface area contributed by atoms with Crippen molar-refractivity contribution >= 4 is 5.91 Å². The maximum atomic E-state index is 12.9. The lowest BCUT2D eigenvalue weighted by molar-refractivity contribution is -0.138. The SMILES string of the molecule is Cn1ccc(C(=O)NCCCc2ccccc2C(F)(F)F)c(O)c1=O. The smallest absolute Gasteiger partial charge is 0.416 e. The van der Waals surface area contributed by atoms with Crippen LogP contribution in [-0.2, 0) is 19.6 Å². The van der Waals surface area contributed by atoms with E-state index in [1.54, 1.807) is 0 Å². The van der Waals surface area contributed by atoms with Crippen LogP contribution < -0.4 is 10.9 Å². The summed E-state index contributed by atoms with van der Waals surface area (Å²) in [7, 11) is 1.43. The summed E-state index contributed by atoms with van der Waals surface area (Å²) in [5.41, 5.74) is -1.41. The van der Waals surface area contributed by atoms with E-state index in [1.807, 2.05) is 0 Å². The number of benzene rings is 1. The molecule has 1 heterocycles. The van der Waals surface area contributed by atoms with Gasteiger partial charge in [0.2, 0.25) is 0 Å². The van der Waals surface area contributed by atoms with Crippen LogP contribution in [-0.4, -0.2) is 22.1 Å². The molecule has 0 aliphatic rings. The van der Waals surface area contributed by atoms with E-state index in [4.69, 9.17) is 0 Å². The molecular weight excluding hydrogens is 337 g/mol. The first kappa shape index (κ1) is 18.6. The van der Waals surface area contributed by atoms with Gasteiger partial charge >= 0.3 is 6.18 Å². The molecule has 1 aromatic carbocycles. The van der Waals surface area contributed by atoms with Crippen LogP contribution in [0.15, 0.2) is 41.3 Å². The number of nitrogens with one attached hydrogen (secondary N) is 1. The minimum atomic E-state index is -4.42. The number of rotatable bonds is 5. The van der Waals surface area contributed by atoms with Gasteiger partial charge in [0.1, 0.15) is 0 Å². The maximum Gasteiger partial charge on any atom is 0.416 e. The van der Waals surface area contributed by atoms with Crippen LogP contribution in [0.4, 0.5) is 13.2 Å². The number of halogens is 3. The lowest BCUT2D eigenvalue weighted by atomic mass is 10.0. The second-order valence-corrected chi connectivity index (χ2v) is 5.51. The molecule has 2 rings (SSSR count). The number of amides is 1. The lowest BCUT2D eigenvalue weighted by Gasteiger charge is -2.12. The lowest BCUT2D eigenvalue weighted by Crippen LogP contribution is -2.27. The maximum absolute atomic E-state index is 12.9. The fourth-order valence-corrected chi connectivity index (χ4v) is 2.39. The predicted molar refractivity (Wildman–Crippen MR) is 85.4 cm³/mol. The summed E-state index contributed by atoms with van der Waals surface area (Å²) in [6.45, 7) is 0.111. The molecule has 8 heteroatoms. The molecule has 2 N–H and O–H groups in total. The molecule has 0 fully saturated rings. The highest BCUT2D eigenvalue weighted by atomic mass is 19.4. The molecule has 0 aliphatic carbocycles. The number of hydrogen-bond acceptors (Lipinski definition) is 3. The van der Waals surface area contributed by atoms with Crippen LogP contribution in [0.3, 0.4) is 0 Å². The van der Waals surface area contributed by atoms with Gasteiger partial charge in [0.05, 0.1) is 11.1 Å². The molecule has 0 saturated carbocycles. The molecule has 5 nitrogen and oxygen atoms in total. The summed E-state index contributed by atoms with van der Waals surface area (Å²) < 4.78 is 39.8. The molecule has 1 amide bonds. The number of nitrogens with zero attached hydrogens (tertiary/aromatic N) is 1. The first-order chi connectivity index (χ1) is 11.7. The second-order valence-electron chi connectivity index (χ2n) is 5.51. The van der Waals surface area contributed by atoms with Crippen LogP contribution in [0.2, 0.25) is 0 Å². The monoisotopic (exact) mass is 354 g/mol. The molecule has 2 aromatic rings. The van der Waals surface area contributed by atoms with Crippen molar-refractivity contribution in [3.63, 3.8) is 0 Å². The highest BCUT2D eigenvalue weighted by molar-refractivity contribution is 5.96. The number of carbonyl (C=O) groups is 1. The highest BCUT2D eigenvalue weighted by Crippen LogP contribution is 2.32. The van der Waals surface area contributed by atoms with E-state index in [2.05, 4.69) is 5.32 Å². The quantitative estimate of drug-likeness (QED) is 0.811. The zero-order valence-electron chi connectivity index (χ0n) is 13.4. The summed E-state index contributed by atoms with van der Waals surface area (Å²) in [4.78, 5) is 23.5. The normalized spacial score (nSPS) is 11.4. The Morgan fingerprint density at radius 3 is 2.60 bits per heavy atom. The second kappa shape index (κ2) is 7.42. The topological polar surface area (TPSA) is 71.3 Å². The summed E-state index contributed by atoms with van der Waals surface area (Å²) >= 11 is 0. The average Bonchev–Trinajstić information content (AvgIpc) is 2.56. The molecule has 0 unspecified atom stereocenters. The van der Waals surface area contributed by atoms with Gasteiger partial charge in [-0.1, -0.05) is 18.2 Å². The Kier molecular flexibility index (Phi) is 5.51. The minimum absolute atomic E-state index is 0.111. The van der Waals surface area contributed by atoms with Gasteiger partial charge in [0.25, 0.3) is 11.5 Å². The van der Waals surface area contributed by atoms with Crippen molar-refractivity contribution in [2.24, 2.45) is 7.05 Å². The highest BCUT2D eigenvalue weighted by Gasteiger charge is 2.32. The van der Waals surface area contributed by atoms with Crippen molar-refractivity contribution < 1.29 is 23.1 Å². The van der Waals surface area contributed by atoms with Crippen molar-refractivity contribution in [3.05, 3.63) is 63.6 Å². The van der Waals surface area contributed by atoms with Gasteiger partial charge in [-0.15, -0.1) is 0 Å². The van der Waals surface area contributed by atoms with Crippen molar-refractivity contribution in [2.45, 2.75) is 19.0 Å². The molecular formula is C17H17F3N2O3. The Morgan fingerprint density at radius 2 is 1.92 bits per heavy atom. The molecule has 1 aromatic heterocycles. The van der Waals surface area contributed by atoms with E-state index in [9.17, 15) is 27.9 Å². The zero-order valence-corrected chi connectivity index (χ0v) is 13.4. The third kappa shape index (κ3) is 4.40. The summed E-state index contributed by atoms with van der Waals surface area (Å²) in [6.07, 6.45) is -2.66. The number of carbonyl (C=O) groups excluding carboxylic acids is 1. The Balaban J connectivity index is 1.96. The van der Waals surface area contributed by atoms with Crippen molar-refractivity contribution in [1.29, 1.82) is 0 Å². The van der Waals surface area contributed by atoms with E-state index in [0.717, 1.165) is 10.6 Å². The van der Waals surface area contributed by atoms with Gasteiger partial charge in [-0.3, -0.25) is 9.59 Å². The van der Waals surface area contributed by atoms with Crippen LogP contribution >= 0.6 is 0 Å². The van der Waals surface area contributed by atoms with Crippen LogP contribution in [0.25, 0.3) is 0 Å². The minimum Gasteiger partial charge on any atom is -0.502 e. The van der Waals surface area contributed by atoms with Gasteiger partial charge in [0, 0.05) is 19.8 Å². The molecule has 25 heavy (non-hydrogen) atoms. The van der Waals surface area contributed by atoms with E-state index in [0.29, 0.717) is 0 Å². The number of alkyl halides is 3. The first-order valence-corrected chi connectivity index (χ1v) is 7.53. The number of aromatic hydroxyl groups is 1. The van der Waals surface area contributed by atoms with Crippen LogP contribution in [0, 0.1) is 0 Å². The molecule has 0 aliphatic heterocycles. The van der Waals surface area contributed by atoms with Gasteiger partial charge < -0.3 is 15.0 Å². The van der Waals surface area contributed by atoms with Crippen LogP contribution in [0.1, 0.15) is 27.9 Å². The van der Waals surface area contributed by atoms with E-state index < -0.39 is 29.0 Å². The zero-order chi connectivity index (χ0) is 18.6. The third-order valence-electron chi connectivity index (χ3n) is 3.72. The van der Waals surface area contributed by atoms with Gasteiger partial charge in [0.15, 0.2) is 5.75 Å². The summed E-state index contributed by atoms with van der Waals surface area (Å²) in [5.74, 6) is -1.32. The van der Waals surface area contributed by atoms with E-state index >= 15 is 0 Å². The van der Waals surface area contributed by atoms with Gasteiger partial charge in [-0.25, -0.2) is 0 Å². The number of aromatic nitrogens is 1. The van der Waals surface area contributed by atoms with Crippen LogP contribution in [0.5, 0.6) is 5.75 Å². The Hall–Kier alpha value is -2.77. The van der Waals surface area contributed by atoms with E-state index in [1.165, 1.54) is 37.5 Å². The third-order valence-corrected chi connectivity index (χ3v) is 3.72. The van der Waals surface area contributed by atoms with Gasteiger partial charge in [-0.05, 0) is 30.5 Å². The van der Waals surface area contributed by atoms with Crippen molar-refractivity contribution in [2.75, 3.05) is 6.54 Å². The summed E-state index contributed by atoms with van der Waals surface area (Å²) in [6, 6.07) is 6.57. The summed E-state index contributed by atoms with van der Waals surface area (Å²) in [5, 5.41) is 12.2. The fraction of sp³-hybridized carbons (Fsp3) is 0.294. The van der Waals surface area contributed by atoms with Crippen molar-refractivity contribution in [1.82, 2.24) is 9.88 Å². The molecule has 0 radical (unpaired) electrons. The molecule has 0 spiro atoms. The largest absolute Gasteiger partial charge is 0.502 e. The Morgan fingerprint density at radius 1 is 1.24 bits per heavy atom. The standard InChI is InChI=1S/C17H17F3N2O3/c1-22-10-8-12(14(23)16(22)25)15(24)21-9-4-6-11-5-2-3-7-13(11)17(18,19)20/h2-3,5,7-8,10,23H,4,6,9H2,1H3,(H,21,24). The molecule has 0 saturated heterocycles. The predicted octanol–water partition coefficient (Wildman–Crippen LogP) is 2.47. The van der Waals surface area contributed by atoms with Crippen molar-refractivity contribution in [3.8, 4) is 5.75 Å². The van der Waals surface area contributed by atoms with Gasteiger partial charge in [-0.2, -0.15) is 13.2 Å². The van der Waals surface area contributed by atoms with E-state index in [-0.39, 0.29) is 30.5 Å². The molecule has 134 valence electrons. The Bertz CT molecular complexity index is 829. The fourth-order valence-electron chi connectivity index (χ4n) is 2.39. The first-order valence-electron chi connectivity index (χ1n) is 7.53. The molecule has 0 atom stereocenters. The Labute approximate surface area is 141 Å².